The SMILES string of the molecule is COC(=O)Cc1cc(Br)ccc1OCc1cccc(-c2cccc(CNC(=O)OC(C)(C)C)c2)c1. The zero-order valence-electron chi connectivity index (χ0n) is 20.4. The summed E-state index contributed by atoms with van der Waals surface area (Å²) in [6.45, 7) is 6.23. The molecule has 6 nitrogen and oxygen atoms in total. The van der Waals surface area contributed by atoms with E-state index in [1.165, 1.54) is 7.11 Å². The van der Waals surface area contributed by atoms with Crippen LogP contribution < -0.4 is 10.1 Å². The number of methoxy groups -OCH3 is 1. The number of nitrogens with one attached hydrogen (secondary N) is 1. The second-order valence-electron chi connectivity index (χ2n) is 9.05. The molecule has 184 valence electrons. The zero-order chi connectivity index (χ0) is 25.4. The molecule has 0 spiro atoms. The highest BCUT2D eigenvalue weighted by Gasteiger charge is 2.16. The van der Waals surface area contributed by atoms with Crippen molar-refractivity contribution in [1.82, 2.24) is 5.32 Å². The predicted molar refractivity (Wildman–Crippen MR) is 139 cm³/mol. The van der Waals surface area contributed by atoms with Crippen LogP contribution in [0, 0.1) is 0 Å². The van der Waals surface area contributed by atoms with Gasteiger partial charge in [-0.15, -0.1) is 0 Å². The molecule has 0 unspecified atom stereocenters. The van der Waals surface area contributed by atoms with Crippen LogP contribution in [0.15, 0.2) is 71.2 Å². The van der Waals surface area contributed by atoms with E-state index in [-0.39, 0.29) is 12.4 Å². The molecular formula is C28H30BrNO5. The van der Waals surface area contributed by atoms with Crippen LogP contribution in [0.2, 0.25) is 0 Å². The number of halogens is 1. The summed E-state index contributed by atoms with van der Waals surface area (Å²) in [5.41, 5.74) is 4.25. The Morgan fingerprint density at radius 3 is 2.23 bits per heavy atom. The van der Waals surface area contributed by atoms with Crippen molar-refractivity contribution in [3.8, 4) is 16.9 Å². The fourth-order valence-electron chi connectivity index (χ4n) is 3.41. The minimum absolute atomic E-state index is 0.134. The second kappa shape index (κ2) is 11.9. The first-order valence-electron chi connectivity index (χ1n) is 11.3. The van der Waals surface area contributed by atoms with Crippen LogP contribution in [-0.4, -0.2) is 24.8 Å². The average molecular weight is 540 g/mol. The van der Waals surface area contributed by atoms with Gasteiger partial charge < -0.3 is 19.5 Å². The molecule has 0 saturated carbocycles. The van der Waals surface area contributed by atoms with Gasteiger partial charge in [-0.1, -0.05) is 52.3 Å². The predicted octanol–water partition coefficient (Wildman–Crippen LogP) is 6.44. The first-order chi connectivity index (χ1) is 16.6. The van der Waals surface area contributed by atoms with Crippen molar-refractivity contribution in [1.29, 1.82) is 0 Å². The van der Waals surface area contributed by atoms with Gasteiger partial charge in [-0.05, 0) is 73.4 Å². The second-order valence-corrected chi connectivity index (χ2v) is 9.97. The van der Waals surface area contributed by atoms with Crippen LogP contribution in [0.1, 0.15) is 37.5 Å². The molecule has 0 bridgehead atoms. The number of carbonyl (C=O) groups is 2. The molecule has 0 aliphatic rings. The summed E-state index contributed by atoms with van der Waals surface area (Å²) < 4.78 is 17.0. The highest BCUT2D eigenvalue weighted by molar-refractivity contribution is 9.10. The van der Waals surface area contributed by atoms with E-state index in [1.54, 1.807) is 0 Å². The Bertz CT molecular complexity index is 1190. The normalized spacial score (nSPS) is 11.0. The number of rotatable bonds is 8. The van der Waals surface area contributed by atoms with Crippen LogP contribution >= 0.6 is 15.9 Å². The highest BCUT2D eigenvalue weighted by Crippen LogP contribution is 2.26. The maximum atomic E-state index is 12.0. The smallest absolute Gasteiger partial charge is 0.407 e. The largest absolute Gasteiger partial charge is 0.489 e. The number of benzene rings is 3. The summed E-state index contributed by atoms with van der Waals surface area (Å²) in [7, 11) is 1.37. The maximum absolute atomic E-state index is 12.0. The average Bonchev–Trinajstić information content (AvgIpc) is 2.81. The number of esters is 1. The van der Waals surface area contributed by atoms with Gasteiger partial charge >= 0.3 is 12.1 Å². The van der Waals surface area contributed by atoms with Crippen LogP contribution in [-0.2, 0) is 33.8 Å². The fraction of sp³-hybridized carbons (Fsp3) is 0.286. The van der Waals surface area contributed by atoms with Gasteiger partial charge in [0.2, 0.25) is 0 Å². The van der Waals surface area contributed by atoms with Gasteiger partial charge in [0.1, 0.15) is 18.0 Å². The summed E-state index contributed by atoms with van der Waals surface area (Å²) in [5, 5.41) is 2.79. The lowest BCUT2D eigenvalue weighted by Crippen LogP contribution is -2.32. The molecule has 0 fully saturated rings. The lowest BCUT2D eigenvalue weighted by atomic mass is 10.0. The third-order valence-corrected chi connectivity index (χ3v) is 5.50. The molecule has 3 rings (SSSR count). The van der Waals surface area contributed by atoms with Crippen molar-refractivity contribution in [2.45, 2.75) is 45.9 Å². The quantitative estimate of drug-likeness (QED) is 0.333. The van der Waals surface area contributed by atoms with Gasteiger partial charge in [-0.3, -0.25) is 4.79 Å². The van der Waals surface area contributed by atoms with Crippen molar-refractivity contribution >= 4 is 28.0 Å². The van der Waals surface area contributed by atoms with E-state index in [2.05, 4.69) is 27.3 Å². The van der Waals surface area contributed by atoms with Gasteiger partial charge in [0.15, 0.2) is 0 Å². The molecule has 35 heavy (non-hydrogen) atoms. The van der Waals surface area contributed by atoms with E-state index < -0.39 is 11.7 Å². The van der Waals surface area contributed by atoms with Gasteiger partial charge in [-0.2, -0.15) is 0 Å². The zero-order valence-corrected chi connectivity index (χ0v) is 22.0. The van der Waals surface area contributed by atoms with Crippen LogP contribution in [0.5, 0.6) is 5.75 Å². The molecule has 3 aromatic carbocycles. The lowest BCUT2D eigenvalue weighted by Gasteiger charge is -2.19. The minimum atomic E-state index is -0.537. The molecule has 0 aliphatic heterocycles. The molecule has 1 amide bonds. The van der Waals surface area contributed by atoms with Crippen molar-refractivity contribution in [3.05, 3.63) is 87.9 Å². The lowest BCUT2D eigenvalue weighted by molar-refractivity contribution is -0.139. The Morgan fingerprint density at radius 2 is 1.57 bits per heavy atom. The standard InChI is InChI=1S/C28H30BrNO5/c1-28(2,3)35-27(32)30-17-19-7-5-9-21(13-19)22-10-6-8-20(14-22)18-34-25-12-11-24(29)15-23(25)16-26(31)33-4/h5-15H,16-18H2,1-4H3,(H,30,32). The molecule has 0 saturated heterocycles. The van der Waals surface area contributed by atoms with E-state index in [0.717, 1.165) is 32.3 Å². The topological polar surface area (TPSA) is 73.9 Å². The first-order valence-corrected chi connectivity index (χ1v) is 12.1. The summed E-state index contributed by atoms with van der Waals surface area (Å²) >= 11 is 3.44. The molecule has 7 heteroatoms. The molecule has 0 radical (unpaired) electrons. The Labute approximate surface area is 214 Å². The Kier molecular flexibility index (Phi) is 8.93. The van der Waals surface area contributed by atoms with Crippen molar-refractivity contribution < 1.29 is 23.8 Å². The number of hydrogen-bond acceptors (Lipinski definition) is 5. The molecule has 0 atom stereocenters. The highest BCUT2D eigenvalue weighted by atomic mass is 79.9. The van der Waals surface area contributed by atoms with Gasteiger partial charge in [0.25, 0.3) is 0 Å². The third kappa shape index (κ3) is 8.44. The summed E-state index contributed by atoms with van der Waals surface area (Å²) in [5.74, 6) is 0.315. The van der Waals surface area contributed by atoms with E-state index in [1.807, 2.05) is 81.4 Å². The van der Waals surface area contributed by atoms with E-state index in [0.29, 0.717) is 18.9 Å². The first kappa shape index (κ1) is 26.3. The number of alkyl carbamates (subject to hydrolysis) is 1. The van der Waals surface area contributed by atoms with Crippen molar-refractivity contribution in [2.24, 2.45) is 0 Å². The monoisotopic (exact) mass is 539 g/mol. The Hall–Kier alpha value is -3.32. The molecule has 0 aliphatic carbocycles. The number of carbonyl (C=O) groups excluding carboxylic acids is 2. The molecule has 1 N–H and O–H groups in total. The van der Waals surface area contributed by atoms with Gasteiger partial charge in [0.05, 0.1) is 13.5 Å². The molecule has 0 aromatic heterocycles. The van der Waals surface area contributed by atoms with Crippen LogP contribution in [0.25, 0.3) is 11.1 Å². The van der Waals surface area contributed by atoms with Crippen LogP contribution in [0.4, 0.5) is 4.79 Å². The summed E-state index contributed by atoms with van der Waals surface area (Å²) in [6.07, 6.45) is -0.309. The van der Waals surface area contributed by atoms with Gasteiger partial charge in [0, 0.05) is 16.6 Å². The molecule has 0 heterocycles. The number of amides is 1. The van der Waals surface area contributed by atoms with Crippen molar-refractivity contribution in [2.75, 3.05) is 7.11 Å². The Balaban J connectivity index is 1.69. The Morgan fingerprint density at radius 1 is 0.914 bits per heavy atom. The summed E-state index contributed by atoms with van der Waals surface area (Å²) in [4.78, 5) is 23.7. The molecular weight excluding hydrogens is 510 g/mol. The van der Waals surface area contributed by atoms with Crippen LogP contribution in [0.3, 0.4) is 0 Å². The summed E-state index contributed by atoms with van der Waals surface area (Å²) in [6, 6.07) is 21.7. The maximum Gasteiger partial charge on any atom is 0.407 e. The van der Waals surface area contributed by atoms with E-state index in [9.17, 15) is 9.59 Å². The van der Waals surface area contributed by atoms with Gasteiger partial charge in [-0.25, -0.2) is 4.79 Å². The number of hydrogen-bond donors (Lipinski definition) is 1. The van der Waals surface area contributed by atoms with E-state index in [4.69, 9.17) is 14.2 Å². The molecule has 3 aromatic rings. The third-order valence-electron chi connectivity index (χ3n) is 5.00. The minimum Gasteiger partial charge on any atom is -0.489 e. The van der Waals surface area contributed by atoms with Crippen molar-refractivity contribution in [3.63, 3.8) is 0 Å². The fourth-order valence-corrected chi connectivity index (χ4v) is 3.81. The van der Waals surface area contributed by atoms with E-state index >= 15 is 0 Å². The number of ether oxygens (including phenoxy) is 3.